The molecule has 1 heterocycles. The molecule has 2 nitrogen and oxygen atoms in total. The van der Waals surface area contributed by atoms with Crippen LogP contribution in [0.1, 0.15) is 47.5 Å². The minimum absolute atomic E-state index is 0.213. The summed E-state index contributed by atoms with van der Waals surface area (Å²) < 4.78 is 11.7. The fourth-order valence-corrected chi connectivity index (χ4v) is 1.50. The molecule has 1 fully saturated rings. The molecule has 0 spiro atoms. The van der Waals surface area contributed by atoms with Crippen molar-refractivity contribution in [2.24, 2.45) is 0 Å². The Balaban J connectivity index is 2.45. The number of rotatable bonds is 4. The van der Waals surface area contributed by atoms with Gasteiger partial charge in [0.25, 0.3) is 0 Å². The van der Waals surface area contributed by atoms with Crippen molar-refractivity contribution in [1.82, 2.24) is 0 Å². The van der Waals surface area contributed by atoms with Crippen LogP contribution in [0.2, 0.25) is 0 Å². The third kappa shape index (κ3) is 3.23. The van der Waals surface area contributed by atoms with Gasteiger partial charge in [-0.1, -0.05) is 17.6 Å². The van der Waals surface area contributed by atoms with Crippen molar-refractivity contribution < 1.29 is 9.31 Å². The van der Waals surface area contributed by atoms with Crippen molar-refractivity contribution in [1.29, 1.82) is 0 Å². The van der Waals surface area contributed by atoms with E-state index in [1.807, 2.05) is 12.9 Å². The number of allylic oxidation sites excluding steroid dienone is 2. The first kappa shape index (κ1) is 13.5. The van der Waals surface area contributed by atoms with E-state index in [0.717, 1.165) is 12.8 Å². The molecule has 0 aromatic rings. The van der Waals surface area contributed by atoms with Crippen molar-refractivity contribution in [3.63, 3.8) is 0 Å². The molecule has 90 valence electrons. The van der Waals surface area contributed by atoms with Gasteiger partial charge < -0.3 is 9.31 Å². The molecule has 1 aliphatic heterocycles. The number of hydrogen-bond acceptors (Lipinski definition) is 2. The quantitative estimate of drug-likeness (QED) is 0.535. The highest BCUT2D eigenvalue weighted by Crippen LogP contribution is 2.36. The third-order valence-electron chi connectivity index (χ3n) is 3.30. The van der Waals surface area contributed by atoms with Crippen molar-refractivity contribution >= 4 is 7.12 Å². The van der Waals surface area contributed by atoms with Crippen LogP contribution in [0.25, 0.3) is 0 Å². The van der Waals surface area contributed by atoms with Crippen LogP contribution in [0.4, 0.5) is 0 Å². The highest BCUT2D eigenvalue weighted by molar-refractivity contribution is 6.51. The number of hydrogen-bond donors (Lipinski definition) is 0. The van der Waals surface area contributed by atoms with Crippen molar-refractivity contribution in [2.75, 3.05) is 0 Å². The minimum atomic E-state index is -0.240. The molecular formula is C13H23BO2. The SMILES string of the molecule is C=C(C)CC/C=C/B1OC(C)(C)C(C)(C)O1. The highest BCUT2D eigenvalue weighted by atomic mass is 16.7. The van der Waals surface area contributed by atoms with E-state index in [4.69, 9.17) is 9.31 Å². The molecule has 1 aliphatic rings. The van der Waals surface area contributed by atoms with Gasteiger partial charge in [-0.05, 0) is 47.5 Å². The predicted octanol–water partition coefficient (Wildman–Crippen LogP) is 3.53. The monoisotopic (exact) mass is 222 g/mol. The zero-order valence-electron chi connectivity index (χ0n) is 11.2. The van der Waals surface area contributed by atoms with Gasteiger partial charge >= 0.3 is 7.12 Å². The van der Waals surface area contributed by atoms with Gasteiger partial charge in [-0.3, -0.25) is 0 Å². The lowest BCUT2D eigenvalue weighted by molar-refractivity contribution is 0.00578. The molecule has 0 bridgehead atoms. The molecule has 0 aromatic carbocycles. The van der Waals surface area contributed by atoms with E-state index < -0.39 is 0 Å². The van der Waals surface area contributed by atoms with Crippen LogP contribution >= 0.6 is 0 Å². The Morgan fingerprint density at radius 3 is 2.12 bits per heavy atom. The average Bonchev–Trinajstić information content (AvgIpc) is 2.29. The summed E-state index contributed by atoms with van der Waals surface area (Å²) in [7, 11) is -0.213. The van der Waals surface area contributed by atoms with Gasteiger partial charge in [-0.2, -0.15) is 0 Å². The molecule has 0 unspecified atom stereocenters. The van der Waals surface area contributed by atoms with Crippen LogP contribution < -0.4 is 0 Å². The van der Waals surface area contributed by atoms with Crippen LogP contribution in [0.3, 0.4) is 0 Å². The molecule has 0 N–H and O–H groups in total. The van der Waals surface area contributed by atoms with Crippen LogP contribution in [-0.2, 0) is 9.31 Å². The molecule has 0 amide bonds. The summed E-state index contributed by atoms with van der Waals surface area (Å²) in [6.45, 7) is 14.2. The molecule has 16 heavy (non-hydrogen) atoms. The van der Waals surface area contributed by atoms with Gasteiger partial charge in [0.1, 0.15) is 0 Å². The standard InChI is InChI=1S/C13H23BO2/c1-11(2)9-7-8-10-14-15-12(3,4)13(5,6)16-14/h8,10H,1,7,9H2,2-6H3/b10-8+. The minimum Gasteiger partial charge on any atom is -0.400 e. The lowest BCUT2D eigenvalue weighted by atomic mass is 9.89. The van der Waals surface area contributed by atoms with E-state index in [2.05, 4.69) is 40.3 Å². The van der Waals surface area contributed by atoms with Gasteiger partial charge in [0.05, 0.1) is 11.2 Å². The lowest BCUT2D eigenvalue weighted by Crippen LogP contribution is -2.41. The summed E-state index contributed by atoms with van der Waals surface area (Å²) in [5.74, 6) is 2.00. The van der Waals surface area contributed by atoms with Gasteiger partial charge in [0, 0.05) is 0 Å². The first-order valence-electron chi connectivity index (χ1n) is 5.91. The fraction of sp³-hybridized carbons (Fsp3) is 0.692. The van der Waals surface area contributed by atoms with E-state index in [1.165, 1.54) is 5.57 Å². The Morgan fingerprint density at radius 1 is 1.19 bits per heavy atom. The van der Waals surface area contributed by atoms with Gasteiger partial charge in [0.2, 0.25) is 0 Å². The summed E-state index contributed by atoms with van der Waals surface area (Å²) >= 11 is 0. The smallest absolute Gasteiger partial charge is 0.400 e. The molecule has 0 aliphatic carbocycles. The Morgan fingerprint density at radius 2 is 1.69 bits per heavy atom. The van der Waals surface area contributed by atoms with E-state index in [0.29, 0.717) is 0 Å². The highest BCUT2D eigenvalue weighted by Gasteiger charge is 2.49. The Hall–Kier alpha value is -0.535. The maximum absolute atomic E-state index is 5.84. The molecule has 1 saturated heterocycles. The van der Waals surface area contributed by atoms with Crippen LogP contribution in [0, 0.1) is 0 Å². The fourth-order valence-electron chi connectivity index (χ4n) is 1.50. The van der Waals surface area contributed by atoms with Gasteiger partial charge in [-0.25, -0.2) is 0 Å². The third-order valence-corrected chi connectivity index (χ3v) is 3.30. The maximum atomic E-state index is 5.84. The first-order valence-corrected chi connectivity index (χ1v) is 5.91. The first-order chi connectivity index (χ1) is 7.24. The second-order valence-electron chi connectivity index (χ2n) is 5.55. The Bertz CT molecular complexity index is 276. The summed E-state index contributed by atoms with van der Waals surface area (Å²) in [6.07, 6.45) is 4.13. The zero-order chi connectivity index (χ0) is 12.4. The molecular weight excluding hydrogens is 199 g/mol. The van der Waals surface area contributed by atoms with Crippen LogP contribution in [-0.4, -0.2) is 18.3 Å². The van der Waals surface area contributed by atoms with Gasteiger partial charge in [0.15, 0.2) is 0 Å². The molecule has 0 saturated carbocycles. The molecule has 0 aromatic heterocycles. The average molecular weight is 222 g/mol. The van der Waals surface area contributed by atoms with E-state index in [9.17, 15) is 0 Å². The summed E-state index contributed by atoms with van der Waals surface area (Å²) in [6, 6.07) is 0. The lowest BCUT2D eigenvalue weighted by Gasteiger charge is -2.32. The van der Waals surface area contributed by atoms with E-state index in [1.54, 1.807) is 0 Å². The Labute approximate surface area is 99.9 Å². The van der Waals surface area contributed by atoms with Crippen molar-refractivity contribution in [2.45, 2.75) is 58.7 Å². The van der Waals surface area contributed by atoms with Crippen molar-refractivity contribution in [3.8, 4) is 0 Å². The second kappa shape index (κ2) is 4.76. The van der Waals surface area contributed by atoms with Crippen LogP contribution in [0.5, 0.6) is 0 Å². The summed E-state index contributed by atoms with van der Waals surface area (Å²) in [4.78, 5) is 0. The van der Waals surface area contributed by atoms with Crippen LogP contribution in [0.15, 0.2) is 24.2 Å². The largest absolute Gasteiger partial charge is 0.486 e. The molecule has 3 heteroatoms. The second-order valence-corrected chi connectivity index (χ2v) is 5.55. The van der Waals surface area contributed by atoms with Crippen molar-refractivity contribution in [3.05, 3.63) is 24.2 Å². The molecule has 1 rings (SSSR count). The topological polar surface area (TPSA) is 18.5 Å². The predicted molar refractivity (Wildman–Crippen MR) is 69.3 cm³/mol. The Kier molecular flexibility index (Phi) is 4.03. The van der Waals surface area contributed by atoms with E-state index >= 15 is 0 Å². The maximum Gasteiger partial charge on any atom is 0.486 e. The zero-order valence-corrected chi connectivity index (χ0v) is 11.2. The molecule has 0 atom stereocenters. The summed E-state index contributed by atoms with van der Waals surface area (Å²) in [5.41, 5.74) is 0.728. The molecule has 0 radical (unpaired) electrons. The van der Waals surface area contributed by atoms with Gasteiger partial charge in [-0.15, -0.1) is 6.58 Å². The van der Waals surface area contributed by atoms with E-state index in [-0.39, 0.29) is 18.3 Å². The normalized spacial score (nSPS) is 22.9. The summed E-state index contributed by atoms with van der Waals surface area (Å²) in [5, 5.41) is 0.